The van der Waals surface area contributed by atoms with E-state index in [2.05, 4.69) is 38.2 Å². The first-order chi connectivity index (χ1) is 18.0. The minimum atomic E-state index is -0.272. The Balaban J connectivity index is 1.21. The van der Waals surface area contributed by atoms with Crippen LogP contribution in [0.25, 0.3) is 0 Å². The number of terminal acetylenes is 1. The normalized spacial score (nSPS) is 15.9. The van der Waals surface area contributed by atoms with Gasteiger partial charge in [0.2, 0.25) is 0 Å². The van der Waals surface area contributed by atoms with E-state index in [-0.39, 0.29) is 11.8 Å². The van der Waals surface area contributed by atoms with Crippen LogP contribution in [0.4, 0.5) is 11.5 Å². The van der Waals surface area contributed by atoms with Gasteiger partial charge in [-0.3, -0.25) is 14.6 Å². The maximum absolute atomic E-state index is 13.2. The number of likely N-dealkylation sites (tertiary alicyclic amines) is 1. The fourth-order valence-corrected chi connectivity index (χ4v) is 5.07. The van der Waals surface area contributed by atoms with Crippen LogP contribution >= 0.6 is 0 Å². The van der Waals surface area contributed by atoms with Crippen LogP contribution < -0.4 is 10.2 Å². The fraction of sp³-hybridized carbons (Fsp3) is 0.333. The second kappa shape index (κ2) is 10.8. The van der Waals surface area contributed by atoms with Crippen molar-refractivity contribution in [2.75, 3.05) is 36.4 Å². The molecule has 5 rings (SSSR count). The SMILES string of the molecule is C#Cc1ccc(C2CCN(C(=O)c3cnc(C)c(NC(=O)c4ccc(N5CCCC5)nc4)c3)CC2)cc1. The summed E-state index contributed by atoms with van der Waals surface area (Å²) in [6.07, 6.45) is 12.8. The number of carbonyl (C=O) groups excluding carboxylic acids is 2. The predicted octanol–water partition coefficient (Wildman–Crippen LogP) is 4.64. The zero-order valence-electron chi connectivity index (χ0n) is 21.1. The van der Waals surface area contributed by atoms with E-state index in [9.17, 15) is 9.59 Å². The predicted molar refractivity (Wildman–Crippen MR) is 145 cm³/mol. The van der Waals surface area contributed by atoms with Crippen molar-refractivity contribution in [1.82, 2.24) is 14.9 Å². The van der Waals surface area contributed by atoms with Crippen LogP contribution in [-0.2, 0) is 0 Å². The molecule has 2 aliphatic heterocycles. The third-order valence-electron chi connectivity index (χ3n) is 7.35. The Morgan fingerprint density at radius 3 is 2.30 bits per heavy atom. The second-order valence-electron chi connectivity index (χ2n) is 9.74. The molecule has 3 aromatic rings. The molecular formula is C30H31N5O2. The molecule has 0 unspecified atom stereocenters. The lowest BCUT2D eigenvalue weighted by Crippen LogP contribution is -2.38. The topological polar surface area (TPSA) is 78.4 Å². The van der Waals surface area contributed by atoms with E-state index in [0.29, 0.717) is 41.5 Å². The lowest BCUT2D eigenvalue weighted by atomic mass is 9.89. The minimum absolute atomic E-state index is 0.0687. The quantitative estimate of drug-likeness (QED) is 0.524. The van der Waals surface area contributed by atoms with Gasteiger partial charge in [-0.15, -0.1) is 6.42 Å². The van der Waals surface area contributed by atoms with Gasteiger partial charge in [0.15, 0.2) is 0 Å². The Morgan fingerprint density at radius 2 is 1.65 bits per heavy atom. The van der Waals surface area contributed by atoms with Gasteiger partial charge in [-0.2, -0.15) is 0 Å². The van der Waals surface area contributed by atoms with Crippen molar-refractivity contribution in [3.63, 3.8) is 0 Å². The molecule has 1 N–H and O–H groups in total. The largest absolute Gasteiger partial charge is 0.357 e. The van der Waals surface area contributed by atoms with E-state index >= 15 is 0 Å². The summed E-state index contributed by atoms with van der Waals surface area (Å²) in [5.41, 5.74) is 4.26. The van der Waals surface area contributed by atoms with Crippen LogP contribution in [0.5, 0.6) is 0 Å². The summed E-state index contributed by atoms with van der Waals surface area (Å²) in [7, 11) is 0. The van der Waals surface area contributed by atoms with Gasteiger partial charge in [-0.1, -0.05) is 18.1 Å². The Kier molecular flexibility index (Phi) is 7.18. The highest BCUT2D eigenvalue weighted by Gasteiger charge is 2.25. The van der Waals surface area contributed by atoms with Crippen molar-refractivity contribution in [2.24, 2.45) is 0 Å². The van der Waals surface area contributed by atoms with E-state index in [4.69, 9.17) is 6.42 Å². The van der Waals surface area contributed by atoms with E-state index < -0.39 is 0 Å². The van der Waals surface area contributed by atoms with Gasteiger partial charge in [0.25, 0.3) is 11.8 Å². The lowest BCUT2D eigenvalue weighted by Gasteiger charge is -2.32. The van der Waals surface area contributed by atoms with Crippen molar-refractivity contribution in [1.29, 1.82) is 0 Å². The molecule has 0 spiro atoms. The van der Waals surface area contributed by atoms with Crippen LogP contribution in [0.15, 0.2) is 54.9 Å². The monoisotopic (exact) mass is 493 g/mol. The van der Waals surface area contributed by atoms with Crippen molar-refractivity contribution < 1.29 is 9.59 Å². The molecule has 7 nitrogen and oxygen atoms in total. The number of hydrogen-bond donors (Lipinski definition) is 1. The van der Waals surface area contributed by atoms with Crippen LogP contribution in [0, 0.1) is 19.3 Å². The van der Waals surface area contributed by atoms with Crippen molar-refractivity contribution in [3.05, 3.63) is 82.8 Å². The summed E-state index contributed by atoms with van der Waals surface area (Å²) in [6, 6.07) is 13.5. The number of nitrogens with zero attached hydrogens (tertiary/aromatic N) is 4. The summed E-state index contributed by atoms with van der Waals surface area (Å²) < 4.78 is 0. The molecule has 188 valence electrons. The minimum Gasteiger partial charge on any atom is -0.357 e. The number of amides is 2. The van der Waals surface area contributed by atoms with E-state index in [1.807, 2.05) is 30.0 Å². The number of aryl methyl sites for hydroxylation is 1. The van der Waals surface area contributed by atoms with E-state index in [1.54, 1.807) is 24.5 Å². The highest BCUT2D eigenvalue weighted by atomic mass is 16.2. The number of carbonyl (C=O) groups is 2. The van der Waals surface area contributed by atoms with Crippen LogP contribution in [0.1, 0.15) is 69.1 Å². The van der Waals surface area contributed by atoms with Crippen molar-refractivity contribution >= 4 is 23.3 Å². The number of rotatable bonds is 5. The van der Waals surface area contributed by atoms with Crippen molar-refractivity contribution in [3.8, 4) is 12.3 Å². The molecular weight excluding hydrogens is 462 g/mol. The van der Waals surface area contributed by atoms with Crippen molar-refractivity contribution in [2.45, 2.75) is 38.5 Å². The number of hydrogen-bond acceptors (Lipinski definition) is 5. The smallest absolute Gasteiger partial charge is 0.257 e. The highest BCUT2D eigenvalue weighted by molar-refractivity contribution is 6.05. The maximum atomic E-state index is 13.2. The number of pyridine rings is 2. The Morgan fingerprint density at radius 1 is 0.946 bits per heavy atom. The summed E-state index contributed by atoms with van der Waals surface area (Å²) in [6.45, 7) is 5.16. The van der Waals surface area contributed by atoms with E-state index in [0.717, 1.165) is 37.3 Å². The van der Waals surface area contributed by atoms with Crippen LogP contribution in [0.3, 0.4) is 0 Å². The standard InChI is InChI=1S/C30H31N5O2/c1-3-22-6-8-23(9-7-22)24-12-16-35(17-13-24)30(37)26-18-27(21(2)31-20-26)33-29(36)25-10-11-28(32-19-25)34-14-4-5-15-34/h1,6-11,18-20,24H,4-5,12-17H2,2H3,(H,33,36). The average molecular weight is 494 g/mol. The Labute approximate surface area is 217 Å². The van der Waals surface area contributed by atoms with Gasteiger partial charge in [0.1, 0.15) is 5.82 Å². The Hall–Kier alpha value is -4.18. The third-order valence-corrected chi connectivity index (χ3v) is 7.35. The summed E-state index contributed by atoms with van der Waals surface area (Å²) in [4.78, 5) is 39.1. The number of nitrogens with one attached hydrogen (secondary N) is 1. The van der Waals surface area contributed by atoms with Gasteiger partial charge < -0.3 is 15.1 Å². The van der Waals surface area contributed by atoms with Crippen LogP contribution in [-0.4, -0.2) is 52.9 Å². The molecule has 2 aromatic heterocycles. The molecule has 0 saturated carbocycles. The first-order valence-corrected chi connectivity index (χ1v) is 12.9. The molecule has 2 aliphatic rings. The number of piperidine rings is 1. The Bertz CT molecular complexity index is 1310. The molecule has 0 radical (unpaired) electrons. The van der Waals surface area contributed by atoms with Gasteiger partial charge >= 0.3 is 0 Å². The van der Waals surface area contributed by atoms with Gasteiger partial charge in [-0.05, 0) is 74.4 Å². The highest BCUT2D eigenvalue weighted by Crippen LogP contribution is 2.29. The molecule has 2 amide bonds. The molecule has 4 heterocycles. The average Bonchev–Trinajstić information content (AvgIpc) is 3.49. The molecule has 0 bridgehead atoms. The molecule has 1 aromatic carbocycles. The molecule has 2 saturated heterocycles. The van der Waals surface area contributed by atoms with Gasteiger partial charge in [-0.25, -0.2) is 4.98 Å². The zero-order valence-corrected chi connectivity index (χ0v) is 21.1. The first kappa shape index (κ1) is 24.5. The molecule has 0 aliphatic carbocycles. The molecule has 2 fully saturated rings. The molecule has 37 heavy (non-hydrogen) atoms. The maximum Gasteiger partial charge on any atom is 0.257 e. The zero-order chi connectivity index (χ0) is 25.8. The fourth-order valence-electron chi connectivity index (χ4n) is 5.07. The second-order valence-corrected chi connectivity index (χ2v) is 9.74. The number of anilines is 2. The summed E-state index contributed by atoms with van der Waals surface area (Å²) in [5, 5.41) is 2.91. The van der Waals surface area contributed by atoms with Crippen LogP contribution in [0.2, 0.25) is 0 Å². The van der Waals surface area contributed by atoms with Gasteiger partial charge in [0, 0.05) is 44.1 Å². The number of aromatic nitrogens is 2. The lowest BCUT2D eigenvalue weighted by molar-refractivity contribution is 0.0712. The molecule has 0 atom stereocenters. The van der Waals surface area contributed by atoms with E-state index in [1.165, 1.54) is 18.4 Å². The summed E-state index contributed by atoms with van der Waals surface area (Å²) >= 11 is 0. The summed E-state index contributed by atoms with van der Waals surface area (Å²) in [5.74, 6) is 3.61. The van der Waals surface area contributed by atoms with Gasteiger partial charge in [0.05, 0.1) is 22.5 Å². The molecule has 7 heteroatoms. The first-order valence-electron chi connectivity index (χ1n) is 12.9. The third kappa shape index (κ3) is 5.49. The number of benzene rings is 1.